The van der Waals surface area contributed by atoms with Crippen LogP contribution in [0.5, 0.6) is 5.75 Å². The van der Waals surface area contributed by atoms with Crippen LogP contribution < -0.4 is 43.0 Å². The molecular weight excluding hydrogens is 853 g/mol. The number of carboxylic acid groups (broad SMARTS) is 2. The summed E-state index contributed by atoms with van der Waals surface area (Å²) in [6, 6.07) is 5.37. The maximum absolute atomic E-state index is 13.9. The quantitative estimate of drug-likeness (QED) is 0.0466. The third-order valence-electron chi connectivity index (χ3n) is 9.94. The number of benzene rings is 2. The lowest BCUT2D eigenvalue weighted by Gasteiger charge is -2.27. The van der Waals surface area contributed by atoms with Crippen molar-refractivity contribution in [3.63, 3.8) is 0 Å². The molecule has 0 spiro atoms. The van der Waals surface area contributed by atoms with Gasteiger partial charge in [-0.25, -0.2) is 0 Å². The molecule has 2 aromatic carbocycles. The number of carbonyl (C=O) groups excluding carboxylic acids is 8. The van der Waals surface area contributed by atoms with Gasteiger partial charge in [0.25, 0.3) is 5.91 Å². The summed E-state index contributed by atoms with van der Waals surface area (Å²) in [4.78, 5) is 128. The van der Waals surface area contributed by atoms with Crippen molar-refractivity contribution < 1.29 is 68.4 Å². The molecule has 0 aliphatic carbocycles. The van der Waals surface area contributed by atoms with Gasteiger partial charge in [0, 0.05) is 12.0 Å². The first kappa shape index (κ1) is 54.0. The molecule has 8 amide bonds. The van der Waals surface area contributed by atoms with E-state index in [0.29, 0.717) is 12.0 Å². The molecule has 2 rings (SSSR count). The number of aliphatic hydroxyl groups excluding tert-OH is 1. The SMILES string of the molecule is CC(C)CC[C@H](NC(=O)[C@H](CO)NC(=O)[C@H](CCC(=O)O)NC(=O)CNC(=O)[C@H](C)NC(=O)c1ccccc1)C(=O)N[C@@H](CCc1ccc(O)cc1)C(=O)N[C@@H](CC(C)C(=O)O)C(N)=O. The summed E-state index contributed by atoms with van der Waals surface area (Å²) in [6.45, 7) is 4.63. The number of primary amides is 1. The average Bonchev–Trinajstić information content (AvgIpc) is 3.25. The molecular formula is C43H60N8O14. The predicted molar refractivity (Wildman–Crippen MR) is 231 cm³/mol. The molecule has 0 fully saturated rings. The fraction of sp³-hybridized carbons (Fsp3) is 0.488. The van der Waals surface area contributed by atoms with Crippen molar-refractivity contribution in [2.24, 2.45) is 17.6 Å². The Hall–Kier alpha value is -7.10. The predicted octanol–water partition coefficient (Wildman–Crippen LogP) is -1.43. The van der Waals surface area contributed by atoms with Gasteiger partial charge < -0.3 is 63.4 Å². The number of rotatable bonds is 28. The summed E-state index contributed by atoms with van der Waals surface area (Å²) in [5, 5.41) is 55.3. The van der Waals surface area contributed by atoms with Crippen molar-refractivity contribution in [2.75, 3.05) is 13.2 Å². The first-order chi connectivity index (χ1) is 30.6. The van der Waals surface area contributed by atoms with Crippen LogP contribution in [-0.4, -0.2) is 129 Å². The minimum absolute atomic E-state index is 0.00340. The number of nitrogens with one attached hydrogen (secondary N) is 7. The number of carbonyl (C=O) groups is 10. The molecule has 0 bridgehead atoms. The number of hydrogen-bond donors (Lipinski definition) is 12. The maximum Gasteiger partial charge on any atom is 0.306 e. The van der Waals surface area contributed by atoms with Crippen LogP contribution in [0, 0.1) is 11.8 Å². The summed E-state index contributed by atoms with van der Waals surface area (Å²) in [5.41, 5.74) is 6.40. The number of aliphatic hydroxyl groups is 1. The van der Waals surface area contributed by atoms with Crippen LogP contribution in [0.2, 0.25) is 0 Å². The Morgan fingerprint density at radius 2 is 1.12 bits per heavy atom. The van der Waals surface area contributed by atoms with Gasteiger partial charge in [0.05, 0.1) is 19.1 Å². The Kier molecular flexibility index (Phi) is 22.6. The Labute approximate surface area is 375 Å². The van der Waals surface area contributed by atoms with Gasteiger partial charge in [-0.15, -0.1) is 0 Å². The minimum atomic E-state index is -1.75. The number of aryl methyl sites for hydroxylation is 1. The van der Waals surface area contributed by atoms with Crippen molar-refractivity contribution in [3.8, 4) is 5.75 Å². The first-order valence-corrected chi connectivity index (χ1v) is 20.9. The molecule has 7 atom stereocenters. The average molecular weight is 913 g/mol. The smallest absolute Gasteiger partial charge is 0.306 e. The number of aromatic hydroxyl groups is 1. The zero-order chi connectivity index (χ0) is 48.8. The zero-order valence-corrected chi connectivity index (χ0v) is 36.6. The molecule has 22 nitrogen and oxygen atoms in total. The van der Waals surface area contributed by atoms with Crippen molar-refractivity contribution in [1.82, 2.24) is 37.2 Å². The van der Waals surface area contributed by atoms with Crippen LogP contribution in [0.25, 0.3) is 0 Å². The number of carboxylic acids is 2. The molecule has 0 aliphatic heterocycles. The van der Waals surface area contributed by atoms with Gasteiger partial charge in [-0.2, -0.15) is 0 Å². The van der Waals surface area contributed by atoms with E-state index in [-0.39, 0.29) is 42.9 Å². The lowest BCUT2D eigenvalue weighted by Crippen LogP contribution is -2.60. The van der Waals surface area contributed by atoms with Crippen LogP contribution in [0.3, 0.4) is 0 Å². The molecule has 2 aromatic rings. The second-order valence-corrected chi connectivity index (χ2v) is 15.8. The Morgan fingerprint density at radius 3 is 1.65 bits per heavy atom. The monoisotopic (exact) mass is 912 g/mol. The summed E-state index contributed by atoms with van der Waals surface area (Å²) < 4.78 is 0. The largest absolute Gasteiger partial charge is 0.508 e. The van der Waals surface area contributed by atoms with E-state index in [4.69, 9.17) is 5.73 Å². The molecule has 356 valence electrons. The lowest BCUT2D eigenvalue weighted by molar-refractivity contribution is -0.142. The first-order valence-electron chi connectivity index (χ1n) is 20.9. The fourth-order valence-electron chi connectivity index (χ4n) is 6.03. The van der Waals surface area contributed by atoms with Gasteiger partial charge in [0.1, 0.15) is 42.0 Å². The van der Waals surface area contributed by atoms with Crippen molar-refractivity contribution in [3.05, 3.63) is 65.7 Å². The molecule has 22 heteroatoms. The van der Waals surface area contributed by atoms with E-state index < -0.39 is 127 Å². The van der Waals surface area contributed by atoms with E-state index in [1.165, 1.54) is 38.1 Å². The second kappa shape index (κ2) is 27.2. The number of phenols is 1. The van der Waals surface area contributed by atoms with Crippen LogP contribution >= 0.6 is 0 Å². The molecule has 0 radical (unpaired) electrons. The molecule has 0 saturated carbocycles. The molecule has 0 aromatic heterocycles. The summed E-state index contributed by atoms with van der Waals surface area (Å²) in [6.07, 6.45) is -1.04. The van der Waals surface area contributed by atoms with Gasteiger partial charge in [0.2, 0.25) is 41.4 Å². The van der Waals surface area contributed by atoms with E-state index in [1.807, 2.05) is 13.8 Å². The van der Waals surface area contributed by atoms with Crippen molar-refractivity contribution >= 4 is 59.2 Å². The summed E-state index contributed by atoms with van der Waals surface area (Å²) >= 11 is 0. The molecule has 13 N–H and O–H groups in total. The summed E-state index contributed by atoms with van der Waals surface area (Å²) in [5.74, 6) is -10.9. The second-order valence-electron chi connectivity index (χ2n) is 15.8. The van der Waals surface area contributed by atoms with E-state index in [9.17, 15) is 68.4 Å². The summed E-state index contributed by atoms with van der Waals surface area (Å²) in [7, 11) is 0. The normalized spacial score (nSPS) is 14.1. The van der Waals surface area contributed by atoms with Gasteiger partial charge in [-0.3, -0.25) is 47.9 Å². The molecule has 0 heterocycles. The highest BCUT2D eigenvalue weighted by Gasteiger charge is 2.33. The standard InChI is InChI=1S/C43H60N8O14/c1-23(2)10-16-30(40(61)48-31(17-13-26-11-14-28(53)15-12-26)41(62)50-32(36(44)57)20-24(3)43(64)65)49-42(63)33(22-52)51-39(60)29(18-19-35(55)56)47-34(54)21-45-37(58)25(4)46-38(59)27-8-6-5-7-9-27/h5-9,11-12,14-15,23-25,29-33,52-53H,10,13,16-22H2,1-4H3,(H2,44,57)(H,45,58)(H,46,59)(H,47,54)(H,48,61)(H,49,63)(H,50,62)(H,51,60)(H,55,56)(H,64,65)/t24?,25-,29-,30-,31-,32-,33-/m0/s1. The highest BCUT2D eigenvalue weighted by Crippen LogP contribution is 2.14. The van der Waals surface area contributed by atoms with E-state index >= 15 is 0 Å². The maximum atomic E-state index is 13.9. The molecule has 1 unspecified atom stereocenters. The van der Waals surface area contributed by atoms with E-state index in [1.54, 1.807) is 30.3 Å². The van der Waals surface area contributed by atoms with Crippen LogP contribution in [0.15, 0.2) is 54.6 Å². The zero-order valence-electron chi connectivity index (χ0n) is 36.6. The van der Waals surface area contributed by atoms with Gasteiger partial charge in [-0.05, 0) is 81.2 Å². The lowest BCUT2D eigenvalue weighted by atomic mass is 9.99. The number of hydrogen-bond acceptors (Lipinski definition) is 12. The number of aliphatic carboxylic acids is 2. The van der Waals surface area contributed by atoms with Crippen molar-refractivity contribution in [2.45, 2.75) is 109 Å². The van der Waals surface area contributed by atoms with Crippen LogP contribution in [0.4, 0.5) is 0 Å². The topological polar surface area (TPSA) is 362 Å². The Morgan fingerprint density at radius 1 is 0.600 bits per heavy atom. The number of nitrogens with two attached hydrogens (primary N) is 1. The van der Waals surface area contributed by atoms with Crippen molar-refractivity contribution in [1.29, 1.82) is 0 Å². The third-order valence-corrected chi connectivity index (χ3v) is 9.94. The fourth-order valence-corrected chi connectivity index (χ4v) is 6.03. The number of amides is 8. The Bertz CT molecular complexity index is 1980. The third kappa shape index (κ3) is 19.9. The van der Waals surface area contributed by atoms with Gasteiger partial charge in [-0.1, -0.05) is 51.1 Å². The highest BCUT2D eigenvalue weighted by molar-refractivity contribution is 5.99. The molecule has 0 aliphatic rings. The molecule has 65 heavy (non-hydrogen) atoms. The van der Waals surface area contributed by atoms with E-state index in [2.05, 4.69) is 37.2 Å². The molecule has 0 saturated heterocycles. The van der Waals surface area contributed by atoms with Gasteiger partial charge in [0.15, 0.2) is 0 Å². The number of phenolic OH excluding ortho intramolecular Hbond substituents is 1. The Balaban J connectivity index is 2.23. The van der Waals surface area contributed by atoms with Gasteiger partial charge >= 0.3 is 11.9 Å². The van der Waals surface area contributed by atoms with E-state index in [0.717, 1.165) is 0 Å². The highest BCUT2D eigenvalue weighted by atomic mass is 16.4. The minimum Gasteiger partial charge on any atom is -0.508 e. The van der Waals surface area contributed by atoms with Crippen LogP contribution in [0.1, 0.15) is 82.1 Å². The van der Waals surface area contributed by atoms with Crippen LogP contribution in [-0.2, 0) is 49.6 Å².